The third-order valence-electron chi connectivity index (χ3n) is 2.88. The molecule has 1 saturated heterocycles. The van der Waals surface area contributed by atoms with E-state index in [1.807, 2.05) is 0 Å². The summed E-state index contributed by atoms with van der Waals surface area (Å²) in [6, 6.07) is 6.67. The van der Waals surface area contributed by atoms with E-state index < -0.39 is 0 Å². The number of hydrogen-bond acceptors (Lipinski definition) is 3. The minimum absolute atomic E-state index is 0. The fourth-order valence-electron chi connectivity index (χ4n) is 2.02. The van der Waals surface area contributed by atoms with Gasteiger partial charge in [0.05, 0.1) is 5.56 Å². The Morgan fingerprint density at radius 3 is 2.76 bits per heavy atom. The molecule has 0 radical (unpaired) electrons. The Kier molecular flexibility index (Phi) is 4.78. The zero-order valence-electron chi connectivity index (χ0n) is 9.50. The van der Waals surface area contributed by atoms with Crippen LogP contribution in [0.3, 0.4) is 0 Å². The van der Waals surface area contributed by atoms with E-state index in [4.69, 9.17) is 5.73 Å². The Bertz CT molecular complexity index is 398. The average molecular weight is 257 g/mol. The number of nitrogens with two attached hydrogens (primary N) is 1. The summed E-state index contributed by atoms with van der Waals surface area (Å²) in [6.45, 7) is 1.30. The molecule has 0 saturated carbocycles. The number of rotatable bonds is 1. The van der Waals surface area contributed by atoms with Crippen molar-refractivity contribution in [3.8, 4) is 5.75 Å². The Labute approximate surface area is 107 Å². The molecule has 1 heterocycles. The van der Waals surface area contributed by atoms with Crippen molar-refractivity contribution in [2.75, 3.05) is 13.1 Å². The van der Waals surface area contributed by atoms with Crippen molar-refractivity contribution in [2.45, 2.75) is 18.9 Å². The number of aromatic hydroxyl groups is 1. The predicted molar refractivity (Wildman–Crippen MR) is 68.5 cm³/mol. The first kappa shape index (κ1) is 13.8. The summed E-state index contributed by atoms with van der Waals surface area (Å²) >= 11 is 0. The van der Waals surface area contributed by atoms with Crippen molar-refractivity contribution in [1.82, 2.24) is 4.90 Å². The highest BCUT2D eigenvalue weighted by atomic mass is 35.5. The van der Waals surface area contributed by atoms with Crippen molar-refractivity contribution < 1.29 is 9.90 Å². The summed E-state index contributed by atoms with van der Waals surface area (Å²) in [7, 11) is 0. The Morgan fingerprint density at radius 2 is 2.12 bits per heavy atom. The topological polar surface area (TPSA) is 66.6 Å². The van der Waals surface area contributed by atoms with Gasteiger partial charge in [-0.3, -0.25) is 4.79 Å². The van der Waals surface area contributed by atoms with E-state index in [1.54, 1.807) is 23.1 Å². The number of nitrogens with zero attached hydrogens (tertiary/aromatic N) is 1. The molecule has 94 valence electrons. The molecular weight excluding hydrogens is 240 g/mol. The van der Waals surface area contributed by atoms with Crippen LogP contribution in [0.4, 0.5) is 0 Å². The van der Waals surface area contributed by atoms with Crippen LogP contribution < -0.4 is 5.73 Å². The standard InChI is InChI=1S/C12H16N2O2.ClH/c13-9-4-3-7-14(8-9)12(16)10-5-1-2-6-11(10)15;/h1-2,5-6,9,15H,3-4,7-8,13H2;1H/t9-;/m0./s1. The number of carbonyl (C=O) groups excluding carboxylic acids is 1. The van der Waals surface area contributed by atoms with Gasteiger partial charge in [-0.15, -0.1) is 12.4 Å². The highest BCUT2D eigenvalue weighted by Crippen LogP contribution is 2.19. The van der Waals surface area contributed by atoms with Gasteiger partial charge in [0.15, 0.2) is 0 Å². The van der Waals surface area contributed by atoms with Gasteiger partial charge in [0.1, 0.15) is 5.75 Å². The number of hydrogen-bond donors (Lipinski definition) is 2. The molecule has 4 nitrogen and oxygen atoms in total. The largest absolute Gasteiger partial charge is 0.507 e. The Hall–Kier alpha value is -1.26. The number of piperidine rings is 1. The first-order valence-electron chi connectivity index (χ1n) is 5.51. The maximum atomic E-state index is 12.1. The van der Waals surface area contributed by atoms with Gasteiger partial charge in [0.25, 0.3) is 5.91 Å². The van der Waals surface area contributed by atoms with Crippen molar-refractivity contribution in [3.63, 3.8) is 0 Å². The van der Waals surface area contributed by atoms with Crippen LogP contribution in [0.1, 0.15) is 23.2 Å². The first-order chi connectivity index (χ1) is 7.68. The second kappa shape index (κ2) is 5.89. The summed E-state index contributed by atoms with van der Waals surface area (Å²) in [6.07, 6.45) is 1.89. The molecule has 1 amide bonds. The summed E-state index contributed by atoms with van der Waals surface area (Å²) in [5.41, 5.74) is 6.18. The lowest BCUT2D eigenvalue weighted by Crippen LogP contribution is -2.45. The number of carbonyl (C=O) groups is 1. The molecule has 0 aromatic heterocycles. The average Bonchev–Trinajstić information content (AvgIpc) is 2.29. The van der Waals surface area contributed by atoms with Crippen LogP contribution in [0.15, 0.2) is 24.3 Å². The summed E-state index contributed by atoms with van der Waals surface area (Å²) in [5.74, 6) is -0.0973. The maximum absolute atomic E-state index is 12.1. The Balaban J connectivity index is 0.00000144. The van der Waals surface area contributed by atoms with Crippen LogP contribution >= 0.6 is 12.4 Å². The number of phenolic OH excluding ortho intramolecular Hbond substituents is 1. The van der Waals surface area contributed by atoms with E-state index in [9.17, 15) is 9.90 Å². The third kappa shape index (κ3) is 3.11. The van der Waals surface area contributed by atoms with Gasteiger partial charge in [-0.05, 0) is 25.0 Å². The van der Waals surface area contributed by atoms with Crippen molar-refractivity contribution in [2.24, 2.45) is 5.73 Å². The Morgan fingerprint density at radius 1 is 1.41 bits per heavy atom. The molecule has 1 aliphatic rings. The molecule has 0 bridgehead atoms. The lowest BCUT2D eigenvalue weighted by Gasteiger charge is -2.30. The van der Waals surface area contributed by atoms with Crippen molar-refractivity contribution >= 4 is 18.3 Å². The molecule has 3 N–H and O–H groups in total. The van der Waals surface area contributed by atoms with E-state index >= 15 is 0 Å². The van der Waals surface area contributed by atoms with Crippen LogP contribution in [-0.4, -0.2) is 35.0 Å². The minimum atomic E-state index is -0.131. The van der Waals surface area contributed by atoms with Gasteiger partial charge in [0, 0.05) is 19.1 Å². The second-order valence-electron chi connectivity index (χ2n) is 4.17. The van der Waals surface area contributed by atoms with Crippen molar-refractivity contribution in [1.29, 1.82) is 0 Å². The SMILES string of the molecule is Cl.N[C@H]1CCCN(C(=O)c2ccccc2O)C1. The van der Waals surface area contributed by atoms with E-state index in [1.165, 1.54) is 6.07 Å². The molecule has 1 atom stereocenters. The molecule has 0 aliphatic carbocycles. The maximum Gasteiger partial charge on any atom is 0.257 e. The fourth-order valence-corrected chi connectivity index (χ4v) is 2.02. The summed E-state index contributed by atoms with van der Waals surface area (Å²) in [4.78, 5) is 13.8. The number of amides is 1. The van der Waals surface area contributed by atoms with E-state index in [0.717, 1.165) is 19.4 Å². The third-order valence-corrected chi connectivity index (χ3v) is 2.88. The van der Waals surface area contributed by atoms with Crippen LogP contribution in [0.2, 0.25) is 0 Å². The van der Waals surface area contributed by atoms with Crippen LogP contribution in [0.25, 0.3) is 0 Å². The summed E-state index contributed by atoms with van der Waals surface area (Å²) in [5, 5.41) is 9.60. The molecule has 1 fully saturated rings. The first-order valence-corrected chi connectivity index (χ1v) is 5.51. The number of para-hydroxylation sites is 1. The molecule has 17 heavy (non-hydrogen) atoms. The summed E-state index contributed by atoms with van der Waals surface area (Å²) < 4.78 is 0. The van der Waals surface area contributed by atoms with Crippen molar-refractivity contribution in [3.05, 3.63) is 29.8 Å². The van der Waals surface area contributed by atoms with E-state index in [-0.39, 0.29) is 30.1 Å². The highest BCUT2D eigenvalue weighted by Gasteiger charge is 2.23. The van der Waals surface area contributed by atoms with Gasteiger partial charge < -0.3 is 15.7 Å². The zero-order valence-corrected chi connectivity index (χ0v) is 10.3. The lowest BCUT2D eigenvalue weighted by molar-refractivity contribution is 0.0706. The molecule has 0 spiro atoms. The molecule has 1 aromatic rings. The predicted octanol–water partition coefficient (Wildman–Crippen LogP) is 1.38. The molecule has 1 aliphatic heterocycles. The molecule has 2 rings (SSSR count). The normalized spacial score (nSPS) is 19.6. The van der Waals surface area contributed by atoms with Gasteiger partial charge >= 0.3 is 0 Å². The molecule has 0 unspecified atom stereocenters. The highest BCUT2D eigenvalue weighted by molar-refractivity contribution is 5.96. The molecule has 5 heteroatoms. The number of likely N-dealkylation sites (tertiary alicyclic amines) is 1. The van der Waals surface area contributed by atoms with Gasteiger partial charge in [-0.25, -0.2) is 0 Å². The second-order valence-corrected chi connectivity index (χ2v) is 4.17. The van der Waals surface area contributed by atoms with E-state index in [2.05, 4.69) is 0 Å². The molecule has 1 aromatic carbocycles. The van der Waals surface area contributed by atoms with Gasteiger partial charge in [-0.1, -0.05) is 12.1 Å². The monoisotopic (exact) mass is 256 g/mol. The molecular formula is C12H17ClN2O2. The quantitative estimate of drug-likeness (QED) is 0.798. The fraction of sp³-hybridized carbons (Fsp3) is 0.417. The number of halogens is 1. The number of benzene rings is 1. The zero-order chi connectivity index (χ0) is 11.5. The smallest absolute Gasteiger partial charge is 0.257 e. The lowest BCUT2D eigenvalue weighted by atomic mass is 10.1. The van der Waals surface area contributed by atoms with Gasteiger partial charge in [-0.2, -0.15) is 0 Å². The van der Waals surface area contributed by atoms with E-state index in [0.29, 0.717) is 12.1 Å². The van der Waals surface area contributed by atoms with Crippen LogP contribution in [0, 0.1) is 0 Å². The minimum Gasteiger partial charge on any atom is -0.507 e. The van der Waals surface area contributed by atoms with Crippen LogP contribution in [-0.2, 0) is 0 Å². The van der Waals surface area contributed by atoms with Crippen LogP contribution in [0.5, 0.6) is 5.75 Å². The van der Waals surface area contributed by atoms with Gasteiger partial charge in [0.2, 0.25) is 0 Å². The number of phenols is 1.